The molecule has 0 saturated heterocycles. The van der Waals surface area contributed by atoms with E-state index in [1.807, 2.05) is 6.92 Å². The zero-order chi connectivity index (χ0) is 15.8. The summed E-state index contributed by atoms with van der Waals surface area (Å²) in [6.07, 6.45) is -1.08. The predicted octanol–water partition coefficient (Wildman–Crippen LogP) is -0.213. The lowest BCUT2D eigenvalue weighted by molar-refractivity contribution is -0.167. The Labute approximate surface area is 124 Å². The van der Waals surface area contributed by atoms with Gasteiger partial charge in [-0.15, -0.1) is 0 Å². The van der Waals surface area contributed by atoms with Crippen molar-refractivity contribution >= 4 is 12.4 Å². The van der Waals surface area contributed by atoms with E-state index in [1.165, 1.54) is 7.11 Å². The van der Waals surface area contributed by atoms with Gasteiger partial charge in [0.05, 0.1) is 39.6 Å². The molecular formula is C13H24O8. The Bertz CT molecular complexity index is 259. The summed E-state index contributed by atoms with van der Waals surface area (Å²) in [7, 11) is 1.53. The zero-order valence-corrected chi connectivity index (χ0v) is 12.6. The Morgan fingerprint density at radius 2 is 1.67 bits per heavy atom. The van der Waals surface area contributed by atoms with Crippen LogP contribution in [0.1, 0.15) is 6.92 Å². The molecule has 0 N–H and O–H groups in total. The minimum absolute atomic E-state index is 0.0712. The Morgan fingerprint density at radius 3 is 2.33 bits per heavy atom. The van der Waals surface area contributed by atoms with Gasteiger partial charge in [-0.2, -0.15) is 0 Å². The Kier molecular flexibility index (Phi) is 14.3. The Hall–Kier alpha value is -1.22. The fourth-order valence-corrected chi connectivity index (χ4v) is 1.22. The second-order valence-electron chi connectivity index (χ2n) is 3.77. The van der Waals surface area contributed by atoms with E-state index < -0.39 is 12.1 Å². The van der Waals surface area contributed by atoms with Crippen molar-refractivity contribution in [3.63, 3.8) is 0 Å². The molecule has 0 spiro atoms. The molecule has 8 heteroatoms. The first-order valence-electron chi connectivity index (χ1n) is 6.74. The summed E-state index contributed by atoms with van der Waals surface area (Å²) in [5.41, 5.74) is 0. The number of carbonyl (C=O) groups excluding carboxylic acids is 2. The van der Waals surface area contributed by atoms with E-state index in [9.17, 15) is 9.59 Å². The van der Waals surface area contributed by atoms with E-state index in [0.717, 1.165) is 0 Å². The van der Waals surface area contributed by atoms with E-state index >= 15 is 0 Å². The first-order chi connectivity index (χ1) is 10.3. The van der Waals surface area contributed by atoms with Crippen LogP contribution in [0.5, 0.6) is 0 Å². The van der Waals surface area contributed by atoms with Crippen LogP contribution < -0.4 is 0 Å². The number of esters is 1. The van der Waals surface area contributed by atoms with Crippen LogP contribution in [0.25, 0.3) is 0 Å². The third-order valence-electron chi connectivity index (χ3n) is 2.23. The van der Waals surface area contributed by atoms with Crippen LogP contribution in [0.4, 0.5) is 0 Å². The van der Waals surface area contributed by atoms with Crippen LogP contribution in [0.3, 0.4) is 0 Å². The number of hydrogen-bond acceptors (Lipinski definition) is 8. The number of rotatable bonds is 15. The van der Waals surface area contributed by atoms with Crippen molar-refractivity contribution in [1.29, 1.82) is 0 Å². The molecule has 0 aliphatic carbocycles. The third kappa shape index (κ3) is 12.2. The highest BCUT2D eigenvalue weighted by atomic mass is 16.6. The molecule has 1 atom stereocenters. The van der Waals surface area contributed by atoms with Crippen LogP contribution in [0, 0.1) is 0 Å². The number of carbonyl (C=O) groups is 2. The van der Waals surface area contributed by atoms with E-state index in [2.05, 4.69) is 4.74 Å². The minimum atomic E-state index is -1.08. The molecule has 0 aromatic heterocycles. The molecule has 0 saturated carbocycles. The number of hydrogen-bond donors (Lipinski definition) is 0. The van der Waals surface area contributed by atoms with Crippen LogP contribution in [-0.4, -0.2) is 78.5 Å². The summed E-state index contributed by atoms with van der Waals surface area (Å²) >= 11 is 0. The Morgan fingerprint density at radius 1 is 1.00 bits per heavy atom. The molecule has 0 fully saturated rings. The highest BCUT2D eigenvalue weighted by molar-refractivity contribution is 5.76. The maximum atomic E-state index is 11.6. The maximum absolute atomic E-state index is 11.6. The minimum Gasteiger partial charge on any atom is -0.460 e. The van der Waals surface area contributed by atoms with Crippen molar-refractivity contribution in [1.82, 2.24) is 0 Å². The molecule has 0 rings (SSSR count). The van der Waals surface area contributed by atoms with Gasteiger partial charge in [-0.05, 0) is 6.92 Å². The average Bonchev–Trinajstić information content (AvgIpc) is 2.49. The largest absolute Gasteiger partial charge is 0.460 e. The summed E-state index contributed by atoms with van der Waals surface area (Å²) in [6.45, 7) is 4.55. The van der Waals surface area contributed by atoms with E-state index in [1.54, 1.807) is 0 Å². The highest BCUT2D eigenvalue weighted by Crippen LogP contribution is 1.97. The fraction of sp³-hybridized carbons (Fsp3) is 0.846. The molecule has 0 bridgehead atoms. The van der Waals surface area contributed by atoms with Gasteiger partial charge in [0.15, 0.2) is 0 Å². The second-order valence-corrected chi connectivity index (χ2v) is 3.77. The average molecular weight is 308 g/mol. The van der Waals surface area contributed by atoms with Crippen LogP contribution in [0.2, 0.25) is 0 Å². The summed E-state index contributed by atoms with van der Waals surface area (Å²) in [4.78, 5) is 22.0. The monoisotopic (exact) mass is 308 g/mol. The molecule has 0 aromatic carbocycles. The topological polar surface area (TPSA) is 89.5 Å². The molecule has 0 aromatic rings. The molecule has 8 nitrogen and oxygen atoms in total. The molecule has 0 radical (unpaired) electrons. The van der Waals surface area contributed by atoms with E-state index in [0.29, 0.717) is 33.0 Å². The number of ether oxygens (including phenoxy) is 6. The van der Waals surface area contributed by atoms with Gasteiger partial charge in [0.25, 0.3) is 6.47 Å². The molecule has 21 heavy (non-hydrogen) atoms. The standard InChI is InChI=1S/C13H24O8/c1-3-17-6-7-18-8-9-20-13(15)12(21-11-14)10-19-5-4-16-2/h11-12H,3-10H2,1-2H3. The molecule has 0 aliphatic rings. The van der Waals surface area contributed by atoms with Gasteiger partial charge in [0.2, 0.25) is 6.10 Å². The van der Waals surface area contributed by atoms with Crippen molar-refractivity contribution < 1.29 is 38.0 Å². The van der Waals surface area contributed by atoms with Gasteiger partial charge in [0.1, 0.15) is 6.61 Å². The van der Waals surface area contributed by atoms with Crippen molar-refractivity contribution in [3.05, 3.63) is 0 Å². The summed E-state index contributed by atoms with van der Waals surface area (Å²) in [6, 6.07) is 0. The quantitative estimate of drug-likeness (QED) is 0.233. The van der Waals surface area contributed by atoms with E-state index in [-0.39, 0.29) is 26.3 Å². The number of methoxy groups -OCH3 is 1. The second kappa shape index (κ2) is 15.2. The molecule has 1 unspecified atom stereocenters. The SMILES string of the molecule is CCOCCOCCOC(=O)C(COCCOC)OC=O. The summed E-state index contributed by atoms with van der Waals surface area (Å²) < 4.78 is 29.7. The van der Waals surface area contributed by atoms with Gasteiger partial charge < -0.3 is 28.4 Å². The Balaban J connectivity index is 3.72. The first kappa shape index (κ1) is 19.8. The lowest BCUT2D eigenvalue weighted by Gasteiger charge is -2.14. The van der Waals surface area contributed by atoms with Gasteiger partial charge in [0, 0.05) is 13.7 Å². The fourth-order valence-electron chi connectivity index (χ4n) is 1.22. The third-order valence-corrected chi connectivity index (χ3v) is 2.23. The van der Waals surface area contributed by atoms with Crippen LogP contribution in [-0.2, 0) is 38.0 Å². The predicted molar refractivity (Wildman–Crippen MR) is 71.9 cm³/mol. The summed E-state index contributed by atoms with van der Waals surface area (Å²) in [5, 5.41) is 0. The molecular weight excluding hydrogens is 284 g/mol. The lowest BCUT2D eigenvalue weighted by atomic mass is 10.4. The highest BCUT2D eigenvalue weighted by Gasteiger charge is 2.21. The molecule has 0 amide bonds. The van der Waals surface area contributed by atoms with Crippen molar-refractivity contribution in [2.45, 2.75) is 13.0 Å². The van der Waals surface area contributed by atoms with Crippen molar-refractivity contribution in [3.8, 4) is 0 Å². The van der Waals surface area contributed by atoms with Gasteiger partial charge in [-0.25, -0.2) is 4.79 Å². The first-order valence-corrected chi connectivity index (χ1v) is 6.74. The van der Waals surface area contributed by atoms with Gasteiger partial charge >= 0.3 is 5.97 Å². The van der Waals surface area contributed by atoms with Crippen LogP contribution >= 0.6 is 0 Å². The van der Waals surface area contributed by atoms with Crippen molar-refractivity contribution in [2.75, 3.05) is 60.0 Å². The van der Waals surface area contributed by atoms with Gasteiger partial charge in [-0.3, -0.25) is 4.79 Å². The smallest absolute Gasteiger partial charge is 0.349 e. The maximum Gasteiger partial charge on any atom is 0.349 e. The summed E-state index contributed by atoms with van der Waals surface area (Å²) in [5.74, 6) is -0.673. The van der Waals surface area contributed by atoms with Crippen molar-refractivity contribution in [2.24, 2.45) is 0 Å². The normalized spacial score (nSPS) is 11.9. The molecule has 0 aliphatic heterocycles. The van der Waals surface area contributed by atoms with Gasteiger partial charge in [-0.1, -0.05) is 0 Å². The van der Waals surface area contributed by atoms with E-state index in [4.69, 9.17) is 23.7 Å². The zero-order valence-electron chi connectivity index (χ0n) is 12.6. The van der Waals surface area contributed by atoms with Crippen LogP contribution in [0.15, 0.2) is 0 Å². The lowest BCUT2D eigenvalue weighted by Crippen LogP contribution is -2.32. The molecule has 124 valence electrons. The molecule has 0 heterocycles.